The van der Waals surface area contributed by atoms with Crippen molar-refractivity contribution in [3.63, 3.8) is 0 Å². The van der Waals surface area contributed by atoms with Crippen LogP contribution in [0, 0.1) is 0 Å². The SMILES string of the molecule is COc1ccc(CCl)c(Cl)c1. The second-order valence-corrected chi connectivity index (χ2v) is 2.77. The average Bonchev–Trinajstić information content (AvgIpc) is 2.04. The minimum absolute atomic E-state index is 0.433. The van der Waals surface area contributed by atoms with Gasteiger partial charge in [-0.3, -0.25) is 0 Å². The van der Waals surface area contributed by atoms with Gasteiger partial charge in [0.15, 0.2) is 0 Å². The molecular formula is C8H8Cl2O. The van der Waals surface area contributed by atoms with E-state index >= 15 is 0 Å². The van der Waals surface area contributed by atoms with E-state index < -0.39 is 0 Å². The fourth-order valence-electron chi connectivity index (χ4n) is 0.763. The maximum absolute atomic E-state index is 5.84. The van der Waals surface area contributed by atoms with Gasteiger partial charge < -0.3 is 4.74 Å². The van der Waals surface area contributed by atoms with Gasteiger partial charge in [0.2, 0.25) is 0 Å². The molecule has 0 saturated carbocycles. The van der Waals surface area contributed by atoms with Crippen LogP contribution in [0.2, 0.25) is 5.02 Å². The predicted molar refractivity (Wildman–Crippen MR) is 47.6 cm³/mol. The van der Waals surface area contributed by atoms with Crippen LogP contribution in [0.1, 0.15) is 5.56 Å². The normalized spacial score (nSPS) is 9.73. The van der Waals surface area contributed by atoms with E-state index in [1.807, 2.05) is 12.1 Å². The van der Waals surface area contributed by atoms with Crippen molar-refractivity contribution < 1.29 is 4.74 Å². The van der Waals surface area contributed by atoms with Crippen LogP contribution >= 0.6 is 23.2 Å². The van der Waals surface area contributed by atoms with Crippen LogP contribution in [0.25, 0.3) is 0 Å². The summed E-state index contributed by atoms with van der Waals surface area (Å²) in [6.45, 7) is 0. The zero-order valence-corrected chi connectivity index (χ0v) is 7.62. The summed E-state index contributed by atoms with van der Waals surface area (Å²) in [6, 6.07) is 5.44. The number of halogens is 2. The summed E-state index contributed by atoms with van der Waals surface area (Å²) in [5.74, 6) is 1.19. The van der Waals surface area contributed by atoms with Gasteiger partial charge in [-0.2, -0.15) is 0 Å². The van der Waals surface area contributed by atoms with Crippen molar-refractivity contribution in [1.29, 1.82) is 0 Å². The van der Waals surface area contributed by atoms with E-state index in [0.29, 0.717) is 10.9 Å². The number of alkyl halides is 1. The number of methoxy groups -OCH3 is 1. The highest BCUT2D eigenvalue weighted by Gasteiger charge is 1.99. The molecule has 0 saturated heterocycles. The summed E-state index contributed by atoms with van der Waals surface area (Å²) in [7, 11) is 1.60. The van der Waals surface area contributed by atoms with E-state index in [1.54, 1.807) is 13.2 Å². The fraction of sp³-hybridized carbons (Fsp3) is 0.250. The molecule has 11 heavy (non-hydrogen) atoms. The Morgan fingerprint density at radius 1 is 1.45 bits per heavy atom. The Bertz CT molecular complexity index is 248. The predicted octanol–water partition coefficient (Wildman–Crippen LogP) is 3.09. The molecule has 0 atom stereocenters. The Hall–Kier alpha value is -0.400. The van der Waals surface area contributed by atoms with Crippen molar-refractivity contribution in [1.82, 2.24) is 0 Å². The Kier molecular flexibility index (Phi) is 3.03. The van der Waals surface area contributed by atoms with E-state index in [-0.39, 0.29) is 0 Å². The first-order valence-electron chi connectivity index (χ1n) is 3.16. The number of hydrogen-bond donors (Lipinski definition) is 0. The van der Waals surface area contributed by atoms with E-state index in [2.05, 4.69) is 0 Å². The van der Waals surface area contributed by atoms with Crippen LogP contribution in [0.3, 0.4) is 0 Å². The molecule has 0 aliphatic rings. The molecular weight excluding hydrogens is 183 g/mol. The number of hydrogen-bond acceptors (Lipinski definition) is 1. The van der Waals surface area contributed by atoms with Crippen molar-refractivity contribution in [2.45, 2.75) is 5.88 Å². The highest BCUT2D eigenvalue weighted by molar-refractivity contribution is 6.32. The highest BCUT2D eigenvalue weighted by Crippen LogP contribution is 2.23. The molecule has 1 nitrogen and oxygen atoms in total. The quantitative estimate of drug-likeness (QED) is 0.652. The smallest absolute Gasteiger partial charge is 0.120 e. The van der Waals surface area contributed by atoms with Gasteiger partial charge in [-0.1, -0.05) is 17.7 Å². The third kappa shape index (κ3) is 2.01. The van der Waals surface area contributed by atoms with E-state index in [0.717, 1.165) is 11.3 Å². The van der Waals surface area contributed by atoms with E-state index in [4.69, 9.17) is 27.9 Å². The van der Waals surface area contributed by atoms with Crippen LogP contribution in [0.4, 0.5) is 0 Å². The lowest BCUT2D eigenvalue weighted by atomic mass is 10.2. The van der Waals surface area contributed by atoms with Gasteiger partial charge in [0.05, 0.1) is 7.11 Å². The van der Waals surface area contributed by atoms with Gasteiger partial charge in [0, 0.05) is 10.9 Å². The Balaban J connectivity index is 2.99. The van der Waals surface area contributed by atoms with Crippen molar-refractivity contribution in [2.24, 2.45) is 0 Å². The molecule has 0 aromatic heterocycles. The van der Waals surface area contributed by atoms with Crippen molar-refractivity contribution >= 4 is 23.2 Å². The molecule has 1 rings (SSSR count). The zero-order chi connectivity index (χ0) is 8.27. The Morgan fingerprint density at radius 2 is 2.18 bits per heavy atom. The third-order valence-corrected chi connectivity index (χ3v) is 2.04. The maximum Gasteiger partial charge on any atom is 0.120 e. The second kappa shape index (κ2) is 3.84. The number of rotatable bonds is 2. The molecule has 0 aliphatic carbocycles. The van der Waals surface area contributed by atoms with Crippen molar-refractivity contribution in [2.75, 3.05) is 7.11 Å². The standard InChI is InChI=1S/C8H8Cl2O/c1-11-7-3-2-6(5-9)8(10)4-7/h2-4H,5H2,1H3. The van der Waals surface area contributed by atoms with Gasteiger partial charge >= 0.3 is 0 Å². The topological polar surface area (TPSA) is 9.23 Å². The van der Waals surface area contributed by atoms with Crippen LogP contribution in [0.15, 0.2) is 18.2 Å². The molecule has 0 spiro atoms. The lowest BCUT2D eigenvalue weighted by molar-refractivity contribution is 0.414. The largest absolute Gasteiger partial charge is 0.497 e. The Labute approximate surface area is 75.9 Å². The summed E-state index contributed by atoms with van der Waals surface area (Å²) < 4.78 is 4.97. The molecule has 1 aromatic carbocycles. The third-order valence-electron chi connectivity index (χ3n) is 1.40. The van der Waals surface area contributed by atoms with E-state index in [1.165, 1.54) is 0 Å². The molecule has 0 N–H and O–H groups in total. The van der Waals surface area contributed by atoms with Crippen LogP contribution in [-0.2, 0) is 5.88 Å². The first-order chi connectivity index (χ1) is 5.27. The van der Waals surface area contributed by atoms with Crippen molar-refractivity contribution in [3.8, 4) is 5.75 Å². The van der Waals surface area contributed by atoms with Crippen LogP contribution in [-0.4, -0.2) is 7.11 Å². The van der Waals surface area contributed by atoms with Gasteiger partial charge in [-0.15, -0.1) is 11.6 Å². The summed E-state index contributed by atoms with van der Waals surface area (Å²) >= 11 is 11.4. The number of ether oxygens (including phenoxy) is 1. The van der Waals surface area contributed by atoms with E-state index in [9.17, 15) is 0 Å². The van der Waals surface area contributed by atoms with Gasteiger partial charge in [0.1, 0.15) is 5.75 Å². The zero-order valence-electron chi connectivity index (χ0n) is 6.10. The molecule has 3 heteroatoms. The molecule has 0 bridgehead atoms. The van der Waals surface area contributed by atoms with Crippen molar-refractivity contribution in [3.05, 3.63) is 28.8 Å². The first-order valence-corrected chi connectivity index (χ1v) is 4.07. The number of benzene rings is 1. The second-order valence-electron chi connectivity index (χ2n) is 2.09. The fourth-order valence-corrected chi connectivity index (χ4v) is 1.30. The van der Waals surface area contributed by atoms with Crippen LogP contribution in [0.5, 0.6) is 5.75 Å². The van der Waals surface area contributed by atoms with Gasteiger partial charge in [0.25, 0.3) is 0 Å². The summed E-state index contributed by atoms with van der Waals surface area (Å²) in [6.07, 6.45) is 0. The minimum Gasteiger partial charge on any atom is -0.497 e. The summed E-state index contributed by atoms with van der Waals surface area (Å²) in [5.41, 5.74) is 0.925. The molecule has 0 fully saturated rings. The Morgan fingerprint density at radius 3 is 2.64 bits per heavy atom. The minimum atomic E-state index is 0.433. The van der Waals surface area contributed by atoms with Crippen LogP contribution < -0.4 is 4.74 Å². The monoisotopic (exact) mass is 190 g/mol. The maximum atomic E-state index is 5.84. The van der Waals surface area contributed by atoms with Gasteiger partial charge in [-0.05, 0) is 17.7 Å². The molecule has 0 unspecified atom stereocenters. The molecule has 60 valence electrons. The highest BCUT2D eigenvalue weighted by atomic mass is 35.5. The molecule has 0 radical (unpaired) electrons. The molecule has 1 aromatic rings. The molecule has 0 heterocycles. The first kappa shape index (κ1) is 8.69. The lowest BCUT2D eigenvalue weighted by Crippen LogP contribution is -1.84. The lowest BCUT2D eigenvalue weighted by Gasteiger charge is -2.02. The average molecular weight is 191 g/mol. The summed E-state index contributed by atoms with van der Waals surface area (Å²) in [5, 5.41) is 0.652. The summed E-state index contributed by atoms with van der Waals surface area (Å²) in [4.78, 5) is 0. The molecule has 0 amide bonds. The van der Waals surface area contributed by atoms with Gasteiger partial charge in [-0.25, -0.2) is 0 Å². The molecule has 0 aliphatic heterocycles.